The smallest absolute Gasteiger partial charge is 0.351 e. The third kappa shape index (κ3) is 14.4. The van der Waals surface area contributed by atoms with Crippen molar-refractivity contribution in [1.82, 2.24) is 25.2 Å². The first kappa shape index (κ1) is 47.4. The highest BCUT2D eigenvalue weighted by Crippen LogP contribution is 2.51. The van der Waals surface area contributed by atoms with Crippen LogP contribution in [0.25, 0.3) is 0 Å². The van der Waals surface area contributed by atoms with Crippen LogP contribution < -0.4 is 21.8 Å². The number of aromatic nitrogens is 3. The summed E-state index contributed by atoms with van der Waals surface area (Å²) < 4.78 is 54.9. The summed E-state index contributed by atoms with van der Waals surface area (Å²) in [6, 6.07) is -0.0276. The first-order valence-corrected chi connectivity index (χ1v) is 24.2. The molecule has 314 valence electrons. The number of likely N-dealkylation sites (tertiary alicyclic amines) is 1. The van der Waals surface area contributed by atoms with E-state index in [1.807, 2.05) is 0 Å². The number of nitrogens with zero attached hydrogens (tertiary/aromatic N) is 4. The largest absolute Gasteiger partial charge is 0.398 e. The summed E-state index contributed by atoms with van der Waals surface area (Å²) >= 11 is 0. The molecule has 3 heterocycles. The van der Waals surface area contributed by atoms with Crippen molar-refractivity contribution in [2.75, 3.05) is 32.2 Å². The van der Waals surface area contributed by atoms with Gasteiger partial charge in [0.25, 0.3) is 0 Å². The number of hydrogen-bond donors (Lipinski definition) is 2. The van der Waals surface area contributed by atoms with Crippen LogP contribution in [0.2, 0.25) is 0 Å². The molecule has 0 aliphatic carbocycles. The molecule has 2 aliphatic heterocycles. The molecule has 2 saturated heterocycles. The van der Waals surface area contributed by atoms with Gasteiger partial charge in [0.1, 0.15) is 0 Å². The summed E-state index contributed by atoms with van der Waals surface area (Å²) in [6.45, 7) is 24.1. The zero-order valence-electron chi connectivity index (χ0n) is 36.2. The van der Waals surface area contributed by atoms with Crippen LogP contribution in [0, 0.1) is 0 Å². The van der Waals surface area contributed by atoms with Crippen LogP contribution >= 0.6 is 15.2 Å². The molecule has 2 fully saturated rings. The fourth-order valence-corrected chi connectivity index (χ4v) is 11.6. The highest BCUT2D eigenvalue weighted by atomic mass is 31.2. The molecule has 12 nitrogen and oxygen atoms in total. The highest BCUT2D eigenvalue weighted by Gasteiger charge is 2.46. The predicted octanol–water partition coefficient (Wildman–Crippen LogP) is 9.69. The van der Waals surface area contributed by atoms with Crippen LogP contribution in [0.15, 0.2) is 0 Å². The predicted molar refractivity (Wildman–Crippen MR) is 223 cm³/mol. The van der Waals surface area contributed by atoms with Gasteiger partial charge in [-0.2, -0.15) is 15.0 Å². The lowest BCUT2D eigenvalue weighted by atomic mass is 9.77. The van der Waals surface area contributed by atoms with Gasteiger partial charge in [0.15, 0.2) is 0 Å². The molecular weight excluding hydrogens is 722 g/mol. The third-order valence-corrected chi connectivity index (χ3v) is 14.6. The van der Waals surface area contributed by atoms with Gasteiger partial charge in [0.2, 0.25) is 17.1 Å². The van der Waals surface area contributed by atoms with Gasteiger partial charge in [-0.25, -0.2) is 0 Å². The second kappa shape index (κ2) is 20.6. The van der Waals surface area contributed by atoms with Crippen molar-refractivity contribution in [2.45, 2.75) is 213 Å². The number of nitrogens with one attached hydrogen (secondary N) is 2. The van der Waals surface area contributed by atoms with Crippen LogP contribution in [0.4, 0.5) is 5.95 Å². The van der Waals surface area contributed by atoms with Crippen molar-refractivity contribution in [2.24, 2.45) is 0 Å². The molecule has 1 atom stereocenters. The Bertz CT molecular complexity index is 1340. The van der Waals surface area contributed by atoms with Gasteiger partial charge in [0, 0.05) is 28.2 Å². The Balaban J connectivity index is 2.05. The molecule has 0 radical (unpaired) electrons. The van der Waals surface area contributed by atoms with E-state index in [-0.39, 0.29) is 65.1 Å². The molecular formula is C40H78N6O6P2. The Morgan fingerprint density at radius 3 is 1.56 bits per heavy atom. The van der Waals surface area contributed by atoms with Gasteiger partial charge in [-0.05, 0) is 108 Å². The average Bonchev–Trinajstić information content (AvgIpc) is 3.04. The van der Waals surface area contributed by atoms with E-state index in [2.05, 4.69) is 96.8 Å². The third-order valence-electron chi connectivity index (χ3n) is 11.0. The maximum Gasteiger partial charge on any atom is 0.398 e. The van der Waals surface area contributed by atoms with Crippen LogP contribution in [-0.4, -0.2) is 81.0 Å². The zero-order chi connectivity index (χ0) is 40.3. The Labute approximate surface area is 329 Å². The van der Waals surface area contributed by atoms with E-state index >= 15 is 4.57 Å². The lowest BCUT2D eigenvalue weighted by molar-refractivity contribution is -0.00779. The van der Waals surface area contributed by atoms with Crippen molar-refractivity contribution in [1.29, 1.82) is 0 Å². The minimum absolute atomic E-state index is 0.0276. The first-order valence-electron chi connectivity index (χ1n) is 21.1. The molecule has 3 rings (SSSR count). The fourth-order valence-electron chi connectivity index (χ4n) is 8.41. The summed E-state index contributed by atoms with van der Waals surface area (Å²) in [5.74, 6) is 0.164. The summed E-state index contributed by atoms with van der Waals surface area (Å²) in [4.78, 5) is 16.6. The van der Waals surface area contributed by atoms with E-state index in [0.717, 1.165) is 64.2 Å². The fraction of sp³-hybridized carbons (Fsp3) is 0.925. The minimum Gasteiger partial charge on any atom is -0.351 e. The summed E-state index contributed by atoms with van der Waals surface area (Å²) in [6.07, 6.45) is 15.1. The lowest BCUT2D eigenvalue weighted by Gasteiger charge is -2.53. The quantitative estimate of drug-likeness (QED) is 0.0761. The summed E-state index contributed by atoms with van der Waals surface area (Å²) in [7, 11) is -6.08. The molecule has 0 amide bonds. The summed E-state index contributed by atoms with van der Waals surface area (Å²) in [5.41, 5.74) is -1.10. The Hall–Kier alpha value is -0.970. The van der Waals surface area contributed by atoms with Gasteiger partial charge in [-0.15, -0.1) is 0 Å². The number of anilines is 1. The molecule has 2 aliphatic rings. The lowest BCUT2D eigenvalue weighted by Crippen LogP contribution is -2.61. The minimum atomic E-state index is -4.16. The van der Waals surface area contributed by atoms with Crippen molar-refractivity contribution < 1.29 is 27.2 Å². The molecule has 1 aromatic heterocycles. The zero-order valence-corrected chi connectivity index (χ0v) is 38.0. The van der Waals surface area contributed by atoms with Crippen LogP contribution in [0.5, 0.6) is 0 Å². The van der Waals surface area contributed by atoms with Crippen LogP contribution in [0.1, 0.15) is 179 Å². The second-order valence-corrected chi connectivity index (χ2v) is 22.1. The summed E-state index contributed by atoms with van der Waals surface area (Å²) in [5, 5.41) is 7.20. The second-order valence-electron chi connectivity index (χ2n) is 18.3. The van der Waals surface area contributed by atoms with E-state index in [1.54, 1.807) is 6.92 Å². The Morgan fingerprint density at radius 2 is 1.09 bits per heavy atom. The molecule has 54 heavy (non-hydrogen) atoms. The van der Waals surface area contributed by atoms with E-state index in [0.29, 0.717) is 12.8 Å². The van der Waals surface area contributed by atoms with E-state index in [9.17, 15) is 4.57 Å². The highest BCUT2D eigenvalue weighted by molar-refractivity contribution is 7.63. The van der Waals surface area contributed by atoms with Crippen LogP contribution in [0.3, 0.4) is 0 Å². The molecule has 1 aromatic rings. The molecule has 0 saturated carbocycles. The molecule has 14 heteroatoms. The number of unbranched alkanes of at least 4 members (excludes halogenated alkanes) is 10. The topological polar surface area (TPSA) is 137 Å². The van der Waals surface area contributed by atoms with E-state index < -0.39 is 21.3 Å². The molecule has 2 N–H and O–H groups in total. The van der Waals surface area contributed by atoms with E-state index in [1.165, 1.54) is 25.7 Å². The van der Waals surface area contributed by atoms with Crippen molar-refractivity contribution in [3.05, 3.63) is 0 Å². The molecule has 0 bridgehead atoms. The van der Waals surface area contributed by atoms with E-state index in [4.69, 9.17) is 28.1 Å². The number of rotatable bonds is 24. The molecule has 1 unspecified atom stereocenters. The van der Waals surface area contributed by atoms with Crippen molar-refractivity contribution in [3.63, 3.8) is 0 Å². The van der Waals surface area contributed by atoms with Crippen molar-refractivity contribution in [3.8, 4) is 0 Å². The van der Waals surface area contributed by atoms with Gasteiger partial charge < -0.3 is 24.2 Å². The number of piperidine rings is 2. The molecule has 0 spiro atoms. The molecule has 0 aromatic carbocycles. The van der Waals surface area contributed by atoms with Crippen molar-refractivity contribution >= 4 is 32.3 Å². The van der Waals surface area contributed by atoms with Gasteiger partial charge in [-0.1, -0.05) is 78.1 Å². The monoisotopic (exact) mass is 801 g/mol. The van der Waals surface area contributed by atoms with Gasteiger partial charge >= 0.3 is 15.2 Å². The van der Waals surface area contributed by atoms with Gasteiger partial charge in [0.05, 0.1) is 25.9 Å². The maximum absolute atomic E-state index is 15.0. The SMILES string of the molecule is CCCCCCCCOP(=O)(OCCCCCCCC)c1nc(NC2CC(C)(C)N(C)C(C)(C)C2)nc(P(=O)(OCC)OC2CC(C)(C)NC(C)(C)C2)n1. The Kier molecular flexibility index (Phi) is 18.1. The van der Waals surface area contributed by atoms with Crippen LogP contribution in [-0.2, 0) is 27.2 Å². The first-order chi connectivity index (χ1) is 25.2. The van der Waals surface area contributed by atoms with Gasteiger partial charge in [-0.3, -0.25) is 18.6 Å². The Morgan fingerprint density at radius 1 is 0.648 bits per heavy atom. The maximum atomic E-state index is 15.0. The average molecular weight is 801 g/mol. The standard InChI is InChI=1S/C40H78N6O6P2/c1-13-16-18-20-22-24-26-50-53(47,51-27-25-23-21-19-17-14-2)35-42-34(41-32-28-39(8,9)46(12)40(10,11)29-32)43-36(44-35)54(48,49-15-3)52-33-30-37(4,5)45-38(6,7)31-33/h32-33,45H,13-31H2,1-12H3,(H,41,42,43,44). The normalized spacial score (nSPS) is 21.6. The number of hydrogen-bond acceptors (Lipinski definition) is 12.